The molecule has 5 rings (SSSR count). The molecule has 0 aliphatic heterocycles. The van der Waals surface area contributed by atoms with Gasteiger partial charge < -0.3 is 19.2 Å². The molecule has 0 fully saturated rings. The molecule has 10 heteroatoms. The molecular formula is C24H17N2NaO6S. The number of carbonyl (C=O) groups is 1. The SMILES string of the molecule is COc1cc(S(=O)(=O)[O-])ccc1Nc1ccc2c3c(cc(=O)n2C)-c2ccccc2C(=O)c13.[Na+]. The van der Waals surface area contributed by atoms with E-state index in [0.29, 0.717) is 44.5 Å². The molecule has 1 aliphatic rings. The van der Waals surface area contributed by atoms with Gasteiger partial charge in [0.1, 0.15) is 15.9 Å². The summed E-state index contributed by atoms with van der Waals surface area (Å²) in [5.74, 6) is -0.0777. The number of fused-ring (bicyclic) bond motifs is 2. The fourth-order valence-electron chi connectivity index (χ4n) is 4.23. The molecular weight excluding hydrogens is 467 g/mol. The maximum atomic E-state index is 13.6. The van der Waals surface area contributed by atoms with Gasteiger partial charge in [0.05, 0.1) is 34.5 Å². The first-order valence-corrected chi connectivity index (χ1v) is 11.3. The number of hydrogen-bond donors (Lipinski definition) is 1. The number of ketones is 1. The minimum absolute atomic E-state index is 0. The first kappa shape index (κ1) is 24.2. The molecule has 1 heterocycles. The number of carbonyl (C=O) groups excluding carboxylic acids is 1. The first-order valence-electron chi connectivity index (χ1n) is 9.92. The molecule has 0 unspecified atom stereocenters. The fourth-order valence-corrected chi connectivity index (χ4v) is 4.72. The third kappa shape index (κ3) is 3.75. The number of methoxy groups -OCH3 is 1. The van der Waals surface area contributed by atoms with Gasteiger partial charge >= 0.3 is 29.6 Å². The summed E-state index contributed by atoms with van der Waals surface area (Å²) in [6, 6.07) is 15.8. The fraction of sp³-hybridized carbons (Fsp3) is 0.0833. The standard InChI is InChI=1S/C24H18N2O6S.Na/c1-26-19-10-9-18(25-17-8-7-13(33(29,30)31)11-20(17)32-2)23-22(19)16(12-21(26)27)14-5-3-4-6-15(14)24(23)28;/h3-12,25H,1-2H3,(H,29,30,31);/q;+1/p-1. The predicted octanol–water partition coefficient (Wildman–Crippen LogP) is 0.410. The number of hydrogen-bond acceptors (Lipinski definition) is 7. The summed E-state index contributed by atoms with van der Waals surface area (Å²) in [5.41, 5.74) is 3.48. The molecule has 0 amide bonds. The minimum atomic E-state index is -4.66. The second-order valence-corrected chi connectivity index (χ2v) is 9.03. The second kappa shape index (κ2) is 8.68. The van der Waals surface area contributed by atoms with Crippen LogP contribution in [0.5, 0.6) is 5.75 Å². The van der Waals surface area contributed by atoms with Crippen LogP contribution in [-0.4, -0.2) is 30.4 Å². The Labute approximate surface area is 217 Å². The Balaban J connectivity index is 0.00000274. The van der Waals surface area contributed by atoms with Crippen LogP contribution in [0.15, 0.2) is 70.4 Å². The Morgan fingerprint density at radius 2 is 1.59 bits per heavy atom. The molecule has 0 bridgehead atoms. The van der Waals surface area contributed by atoms with E-state index < -0.39 is 15.0 Å². The quantitative estimate of drug-likeness (QED) is 0.290. The van der Waals surface area contributed by atoms with E-state index in [1.54, 1.807) is 31.3 Å². The molecule has 1 aromatic heterocycles. The van der Waals surface area contributed by atoms with Crippen LogP contribution >= 0.6 is 0 Å². The molecule has 4 aromatic rings. The summed E-state index contributed by atoms with van der Waals surface area (Å²) in [6.45, 7) is 0. The second-order valence-electron chi connectivity index (χ2n) is 7.65. The number of rotatable bonds is 4. The van der Waals surface area contributed by atoms with Crippen molar-refractivity contribution in [3.8, 4) is 16.9 Å². The van der Waals surface area contributed by atoms with Gasteiger partial charge in [0.25, 0.3) is 5.56 Å². The van der Waals surface area contributed by atoms with Crippen LogP contribution < -0.4 is 45.2 Å². The number of aryl methyl sites for hydroxylation is 1. The van der Waals surface area contributed by atoms with Gasteiger partial charge in [0, 0.05) is 24.1 Å². The van der Waals surface area contributed by atoms with E-state index in [-0.39, 0.29) is 46.6 Å². The van der Waals surface area contributed by atoms with Gasteiger partial charge in [-0.25, -0.2) is 8.42 Å². The molecule has 1 aliphatic carbocycles. The molecule has 0 spiro atoms. The van der Waals surface area contributed by atoms with Crippen LogP contribution in [0.3, 0.4) is 0 Å². The number of nitrogens with zero attached hydrogens (tertiary/aromatic N) is 1. The van der Waals surface area contributed by atoms with Crippen molar-refractivity contribution >= 4 is 38.2 Å². The Morgan fingerprint density at radius 3 is 2.26 bits per heavy atom. The zero-order valence-corrected chi connectivity index (χ0v) is 21.4. The molecule has 34 heavy (non-hydrogen) atoms. The van der Waals surface area contributed by atoms with Gasteiger partial charge in [-0.05, 0) is 41.5 Å². The smallest absolute Gasteiger partial charge is 0.744 e. The molecule has 0 saturated carbocycles. The van der Waals surface area contributed by atoms with Gasteiger partial charge in [-0.1, -0.05) is 24.3 Å². The van der Waals surface area contributed by atoms with Crippen molar-refractivity contribution in [1.82, 2.24) is 4.57 Å². The molecule has 0 radical (unpaired) electrons. The van der Waals surface area contributed by atoms with Crippen LogP contribution in [0.1, 0.15) is 15.9 Å². The van der Waals surface area contributed by atoms with Gasteiger partial charge in [0.2, 0.25) is 0 Å². The van der Waals surface area contributed by atoms with Crippen LogP contribution in [0.25, 0.3) is 22.0 Å². The summed E-state index contributed by atoms with van der Waals surface area (Å²) in [7, 11) is -1.66. The summed E-state index contributed by atoms with van der Waals surface area (Å²) in [6.07, 6.45) is 0. The van der Waals surface area contributed by atoms with E-state index in [9.17, 15) is 22.6 Å². The van der Waals surface area contributed by atoms with Crippen molar-refractivity contribution in [1.29, 1.82) is 0 Å². The Kier molecular flexibility index (Phi) is 6.17. The zero-order chi connectivity index (χ0) is 23.5. The Bertz CT molecular complexity index is 1660. The van der Waals surface area contributed by atoms with Crippen LogP contribution in [0.4, 0.5) is 11.4 Å². The number of aromatic nitrogens is 1. The van der Waals surface area contributed by atoms with E-state index in [1.165, 1.54) is 29.9 Å². The molecule has 166 valence electrons. The van der Waals surface area contributed by atoms with Crippen molar-refractivity contribution < 1.29 is 52.1 Å². The van der Waals surface area contributed by atoms with Crippen molar-refractivity contribution in [3.63, 3.8) is 0 Å². The number of pyridine rings is 1. The summed E-state index contributed by atoms with van der Waals surface area (Å²) in [5, 5.41) is 3.78. The summed E-state index contributed by atoms with van der Waals surface area (Å²) >= 11 is 0. The van der Waals surface area contributed by atoms with Crippen molar-refractivity contribution in [2.45, 2.75) is 4.90 Å². The van der Waals surface area contributed by atoms with Crippen molar-refractivity contribution in [2.75, 3.05) is 12.4 Å². The van der Waals surface area contributed by atoms with Gasteiger partial charge in [-0.15, -0.1) is 0 Å². The molecule has 0 saturated heterocycles. The van der Waals surface area contributed by atoms with Crippen LogP contribution in [-0.2, 0) is 17.2 Å². The zero-order valence-electron chi connectivity index (χ0n) is 18.6. The van der Waals surface area contributed by atoms with E-state index >= 15 is 0 Å². The number of anilines is 2. The maximum absolute atomic E-state index is 13.6. The summed E-state index contributed by atoms with van der Waals surface area (Å²) < 4.78 is 40.9. The molecule has 0 atom stereocenters. The van der Waals surface area contributed by atoms with E-state index in [0.717, 1.165) is 6.07 Å². The molecule has 1 N–H and O–H groups in total. The average molecular weight is 484 g/mol. The van der Waals surface area contributed by atoms with E-state index in [4.69, 9.17) is 4.74 Å². The minimum Gasteiger partial charge on any atom is -0.744 e. The number of nitrogens with one attached hydrogen (secondary N) is 1. The topological polar surface area (TPSA) is 118 Å². The maximum Gasteiger partial charge on any atom is 1.00 e. The van der Waals surface area contributed by atoms with Crippen LogP contribution in [0.2, 0.25) is 0 Å². The number of benzene rings is 3. The van der Waals surface area contributed by atoms with E-state index in [1.807, 2.05) is 12.1 Å². The van der Waals surface area contributed by atoms with Gasteiger partial charge in [-0.2, -0.15) is 0 Å². The third-order valence-corrected chi connectivity index (χ3v) is 6.66. The summed E-state index contributed by atoms with van der Waals surface area (Å²) in [4.78, 5) is 25.7. The van der Waals surface area contributed by atoms with Crippen LogP contribution in [0, 0.1) is 0 Å². The van der Waals surface area contributed by atoms with Crippen molar-refractivity contribution in [3.05, 3.63) is 82.1 Å². The third-order valence-electron chi connectivity index (χ3n) is 5.83. The van der Waals surface area contributed by atoms with Crippen molar-refractivity contribution in [2.24, 2.45) is 7.05 Å². The number of ether oxygens (including phenoxy) is 1. The average Bonchev–Trinajstić information content (AvgIpc) is 2.80. The molecule has 8 nitrogen and oxygen atoms in total. The van der Waals surface area contributed by atoms with Gasteiger partial charge in [0.15, 0.2) is 5.78 Å². The Morgan fingerprint density at radius 1 is 0.912 bits per heavy atom. The first-order chi connectivity index (χ1) is 15.7. The predicted molar refractivity (Wildman–Crippen MR) is 122 cm³/mol. The monoisotopic (exact) mass is 484 g/mol. The normalized spacial score (nSPS) is 12.1. The molecule has 3 aromatic carbocycles. The largest absolute Gasteiger partial charge is 1.00 e. The van der Waals surface area contributed by atoms with E-state index in [2.05, 4.69) is 5.32 Å². The Hall–Kier alpha value is -2.95. The van der Waals surface area contributed by atoms with Gasteiger partial charge in [-0.3, -0.25) is 9.59 Å².